The molecule has 0 spiro atoms. The SMILES string of the molecule is N#Cc1c(N)cccc1OC[C@H]1CCCN1. The van der Waals surface area contributed by atoms with Gasteiger partial charge in [-0.2, -0.15) is 5.26 Å². The molecule has 2 rings (SSSR count). The van der Waals surface area contributed by atoms with E-state index in [1.807, 2.05) is 0 Å². The molecular weight excluding hydrogens is 202 g/mol. The molecule has 0 bridgehead atoms. The minimum Gasteiger partial charge on any atom is -0.490 e. The highest BCUT2D eigenvalue weighted by atomic mass is 16.5. The molecule has 1 atom stereocenters. The number of hydrogen-bond acceptors (Lipinski definition) is 4. The van der Waals surface area contributed by atoms with E-state index >= 15 is 0 Å². The lowest BCUT2D eigenvalue weighted by Gasteiger charge is -2.13. The molecule has 0 radical (unpaired) electrons. The number of rotatable bonds is 3. The zero-order chi connectivity index (χ0) is 11.4. The highest BCUT2D eigenvalue weighted by Gasteiger charge is 2.15. The zero-order valence-electron chi connectivity index (χ0n) is 9.07. The van der Waals surface area contributed by atoms with Crippen LogP contribution in [0.25, 0.3) is 0 Å². The van der Waals surface area contributed by atoms with E-state index in [-0.39, 0.29) is 0 Å². The highest BCUT2D eigenvalue weighted by molar-refractivity contribution is 5.60. The van der Waals surface area contributed by atoms with Gasteiger partial charge in [0.2, 0.25) is 0 Å². The summed E-state index contributed by atoms with van der Waals surface area (Å²) in [4.78, 5) is 0. The van der Waals surface area contributed by atoms with Crippen molar-refractivity contribution in [2.45, 2.75) is 18.9 Å². The molecular formula is C12H15N3O. The topological polar surface area (TPSA) is 71.1 Å². The third-order valence-electron chi connectivity index (χ3n) is 2.77. The van der Waals surface area contributed by atoms with Crippen LogP contribution < -0.4 is 15.8 Å². The number of benzene rings is 1. The van der Waals surface area contributed by atoms with Gasteiger partial charge in [0.05, 0.1) is 5.69 Å². The lowest BCUT2D eigenvalue weighted by atomic mass is 10.2. The number of anilines is 1. The molecule has 1 fully saturated rings. The van der Waals surface area contributed by atoms with Crippen LogP contribution in [-0.2, 0) is 0 Å². The van der Waals surface area contributed by atoms with E-state index in [9.17, 15) is 0 Å². The first-order chi connectivity index (χ1) is 7.81. The van der Waals surface area contributed by atoms with Crippen molar-refractivity contribution in [2.75, 3.05) is 18.9 Å². The van der Waals surface area contributed by atoms with Crippen molar-refractivity contribution in [1.82, 2.24) is 5.32 Å². The van der Waals surface area contributed by atoms with E-state index < -0.39 is 0 Å². The molecule has 4 nitrogen and oxygen atoms in total. The molecule has 0 saturated carbocycles. The Morgan fingerprint density at radius 3 is 3.12 bits per heavy atom. The Kier molecular flexibility index (Phi) is 3.28. The molecule has 1 aliphatic heterocycles. The van der Waals surface area contributed by atoms with Crippen molar-refractivity contribution in [1.29, 1.82) is 5.26 Å². The van der Waals surface area contributed by atoms with Crippen LogP contribution in [-0.4, -0.2) is 19.2 Å². The number of nitrogens with zero attached hydrogens (tertiary/aromatic N) is 1. The van der Waals surface area contributed by atoms with Crippen molar-refractivity contribution in [3.63, 3.8) is 0 Å². The Morgan fingerprint density at radius 1 is 1.56 bits per heavy atom. The summed E-state index contributed by atoms with van der Waals surface area (Å²) in [5, 5.41) is 12.3. The van der Waals surface area contributed by atoms with Crippen LogP contribution in [0.2, 0.25) is 0 Å². The predicted octanol–water partition coefficient (Wildman–Crippen LogP) is 1.27. The van der Waals surface area contributed by atoms with E-state index in [1.54, 1.807) is 18.2 Å². The number of nitriles is 1. The van der Waals surface area contributed by atoms with Crippen molar-refractivity contribution < 1.29 is 4.74 Å². The lowest BCUT2D eigenvalue weighted by Crippen LogP contribution is -2.28. The average molecular weight is 217 g/mol. The van der Waals surface area contributed by atoms with Crippen LogP contribution in [0.5, 0.6) is 5.75 Å². The Hall–Kier alpha value is -1.73. The van der Waals surface area contributed by atoms with E-state index in [0.29, 0.717) is 29.6 Å². The minimum atomic E-state index is 0.396. The van der Waals surface area contributed by atoms with Crippen molar-refractivity contribution >= 4 is 5.69 Å². The first-order valence-corrected chi connectivity index (χ1v) is 5.46. The fourth-order valence-electron chi connectivity index (χ4n) is 1.88. The van der Waals surface area contributed by atoms with Gasteiger partial charge in [0.1, 0.15) is 24.0 Å². The Labute approximate surface area is 95.0 Å². The van der Waals surface area contributed by atoms with Crippen LogP contribution in [0.15, 0.2) is 18.2 Å². The fourth-order valence-corrected chi connectivity index (χ4v) is 1.88. The van der Waals surface area contributed by atoms with Gasteiger partial charge in [-0.05, 0) is 31.5 Å². The monoisotopic (exact) mass is 217 g/mol. The van der Waals surface area contributed by atoms with Crippen molar-refractivity contribution in [2.24, 2.45) is 0 Å². The van der Waals surface area contributed by atoms with Crippen LogP contribution in [0.4, 0.5) is 5.69 Å². The Balaban J connectivity index is 2.03. The lowest BCUT2D eigenvalue weighted by molar-refractivity contribution is 0.276. The molecule has 3 N–H and O–H groups in total. The molecule has 0 unspecified atom stereocenters. The largest absolute Gasteiger partial charge is 0.490 e. The normalized spacial score (nSPS) is 19.3. The summed E-state index contributed by atoms with van der Waals surface area (Å²) in [6.45, 7) is 1.65. The molecule has 0 amide bonds. The summed E-state index contributed by atoms with van der Waals surface area (Å²) in [7, 11) is 0. The van der Waals surface area contributed by atoms with Gasteiger partial charge in [0.15, 0.2) is 0 Å². The highest BCUT2D eigenvalue weighted by Crippen LogP contribution is 2.23. The first kappa shape index (κ1) is 10.8. The van der Waals surface area contributed by atoms with Gasteiger partial charge in [0, 0.05) is 6.04 Å². The Morgan fingerprint density at radius 2 is 2.44 bits per heavy atom. The van der Waals surface area contributed by atoms with Crippen molar-refractivity contribution in [3.05, 3.63) is 23.8 Å². The van der Waals surface area contributed by atoms with Gasteiger partial charge >= 0.3 is 0 Å². The number of ether oxygens (including phenoxy) is 1. The van der Waals surface area contributed by atoms with Gasteiger partial charge in [-0.25, -0.2) is 0 Å². The molecule has 4 heteroatoms. The summed E-state index contributed by atoms with van der Waals surface area (Å²) >= 11 is 0. The van der Waals surface area contributed by atoms with Crippen molar-refractivity contribution in [3.8, 4) is 11.8 Å². The van der Waals surface area contributed by atoms with Crippen LogP contribution in [0.3, 0.4) is 0 Å². The molecule has 84 valence electrons. The second-order valence-corrected chi connectivity index (χ2v) is 3.94. The number of nitrogen functional groups attached to an aromatic ring is 1. The predicted molar refractivity (Wildman–Crippen MR) is 62.1 cm³/mol. The number of nitrogens with two attached hydrogens (primary N) is 1. The third kappa shape index (κ3) is 2.26. The molecule has 1 aromatic rings. The van der Waals surface area contributed by atoms with Gasteiger partial charge in [0.25, 0.3) is 0 Å². The molecule has 1 aromatic carbocycles. The molecule has 16 heavy (non-hydrogen) atoms. The maximum atomic E-state index is 8.97. The van der Waals surface area contributed by atoms with Gasteiger partial charge < -0.3 is 15.8 Å². The number of hydrogen-bond donors (Lipinski definition) is 2. The Bertz CT molecular complexity index is 405. The summed E-state index contributed by atoms with van der Waals surface area (Å²) in [6, 6.07) is 7.75. The summed E-state index contributed by atoms with van der Waals surface area (Å²) in [5.74, 6) is 0.580. The first-order valence-electron chi connectivity index (χ1n) is 5.46. The van der Waals surface area contributed by atoms with Crippen LogP contribution in [0, 0.1) is 11.3 Å². The minimum absolute atomic E-state index is 0.396. The second kappa shape index (κ2) is 4.86. The molecule has 0 aliphatic carbocycles. The van der Waals surface area contributed by atoms with E-state index in [4.69, 9.17) is 15.7 Å². The fraction of sp³-hybridized carbons (Fsp3) is 0.417. The van der Waals surface area contributed by atoms with Crippen LogP contribution in [0.1, 0.15) is 18.4 Å². The quantitative estimate of drug-likeness (QED) is 0.748. The van der Waals surface area contributed by atoms with Gasteiger partial charge in [-0.3, -0.25) is 0 Å². The standard InChI is InChI=1S/C12H15N3O/c13-7-10-11(14)4-1-5-12(10)16-8-9-3-2-6-15-9/h1,4-5,9,15H,2-3,6,8,14H2/t9-/m1/s1. The summed E-state index contributed by atoms with van der Waals surface area (Å²) in [6.07, 6.45) is 2.32. The molecule has 1 saturated heterocycles. The maximum Gasteiger partial charge on any atom is 0.139 e. The van der Waals surface area contributed by atoms with E-state index in [2.05, 4.69) is 11.4 Å². The van der Waals surface area contributed by atoms with E-state index in [0.717, 1.165) is 13.0 Å². The average Bonchev–Trinajstić information content (AvgIpc) is 2.79. The maximum absolute atomic E-state index is 8.97. The van der Waals surface area contributed by atoms with Crippen LogP contribution >= 0.6 is 0 Å². The summed E-state index contributed by atoms with van der Waals surface area (Å²) in [5.41, 5.74) is 6.60. The third-order valence-corrected chi connectivity index (χ3v) is 2.77. The zero-order valence-corrected chi connectivity index (χ0v) is 9.07. The smallest absolute Gasteiger partial charge is 0.139 e. The second-order valence-electron chi connectivity index (χ2n) is 3.94. The van der Waals surface area contributed by atoms with E-state index in [1.165, 1.54) is 6.42 Å². The molecule has 0 aromatic heterocycles. The molecule has 1 heterocycles. The number of nitrogens with one attached hydrogen (secondary N) is 1. The molecule has 1 aliphatic rings. The van der Waals surface area contributed by atoms with Gasteiger partial charge in [-0.15, -0.1) is 0 Å². The van der Waals surface area contributed by atoms with Gasteiger partial charge in [-0.1, -0.05) is 6.07 Å². The summed E-state index contributed by atoms with van der Waals surface area (Å²) < 4.78 is 5.63.